The van der Waals surface area contributed by atoms with Crippen molar-refractivity contribution in [2.24, 2.45) is 0 Å². The first kappa shape index (κ1) is 30.1. The van der Waals surface area contributed by atoms with E-state index < -0.39 is 24.8 Å². The van der Waals surface area contributed by atoms with Gasteiger partial charge in [-0.05, 0) is 17.7 Å². The number of hydrogen-bond acceptors (Lipinski definition) is 12. The molecule has 1 aromatic rings. The van der Waals surface area contributed by atoms with Crippen molar-refractivity contribution >= 4 is 24.1 Å². The van der Waals surface area contributed by atoms with Crippen LogP contribution in [0.1, 0.15) is 28.8 Å². The Balaban J connectivity index is 1.69. The maximum Gasteiger partial charge on any atom is 0.417 e. The number of ether oxygens (including phenoxy) is 6. The Hall–Kier alpha value is -2.17. The Morgan fingerprint density at radius 2 is 1.83 bits per heavy atom. The summed E-state index contributed by atoms with van der Waals surface area (Å²) in [5.74, 6) is -0.106. The van der Waals surface area contributed by atoms with Crippen LogP contribution in [0.3, 0.4) is 0 Å². The zero-order valence-electron chi connectivity index (χ0n) is 20.4. The number of rotatable bonds is 16. The average Bonchev–Trinajstić information content (AvgIpc) is 2.84. The third-order valence-corrected chi connectivity index (χ3v) is 5.37. The lowest BCUT2D eigenvalue weighted by molar-refractivity contribution is -0.242. The first-order chi connectivity index (χ1) is 17.4. The largest absolute Gasteiger partial charge is 0.464 e. The summed E-state index contributed by atoms with van der Waals surface area (Å²) in [6.45, 7) is 2.53. The highest BCUT2D eigenvalue weighted by atomic mass is 32.2. The Morgan fingerprint density at radius 1 is 1.08 bits per heavy atom. The second-order valence-electron chi connectivity index (χ2n) is 7.60. The molecule has 0 aromatic heterocycles. The van der Waals surface area contributed by atoms with Gasteiger partial charge in [0.15, 0.2) is 6.29 Å². The normalized spacial score (nSPS) is 19.5. The molecular formula is C22H35N3O10S. The van der Waals surface area contributed by atoms with E-state index in [1.807, 2.05) is 0 Å². The van der Waals surface area contributed by atoms with Crippen molar-refractivity contribution in [3.8, 4) is 5.75 Å². The number of methoxy groups -OCH3 is 2. The van der Waals surface area contributed by atoms with Gasteiger partial charge < -0.3 is 44.0 Å². The molecule has 204 valence electrons. The minimum atomic E-state index is -1.14. The lowest BCUT2D eigenvalue weighted by atomic mass is 10.1. The van der Waals surface area contributed by atoms with Crippen molar-refractivity contribution < 1.29 is 48.2 Å². The van der Waals surface area contributed by atoms with Gasteiger partial charge in [0.2, 0.25) is 6.29 Å². The molecule has 1 aromatic carbocycles. The SMILES string of the molecule is COCc1ccc(OC2CC(O)CC(O)O2)c(C(=O)NCCOCCOCCNSNC(=O)OC)c1. The molecule has 3 unspecified atom stereocenters. The highest BCUT2D eigenvalue weighted by molar-refractivity contribution is 7.96. The minimum Gasteiger partial charge on any atom is -0.464 e. The molecule has 0 saturated carbocycles. The van der Waals surface area contributed by atoms with E-state index in [2.05, 4.69) is 19.5 Å². The quantitative estimate of drug-likeness (QED) is 0.146. The van der Waals surface area contributed by atoms with E-state index in [-0.39, 0.29) is 43.2 Å². The first-order valence-electron chi connectivity index (χ1n) is 11.4. The van der Waals surface area contributed by atoms with Crippen molar-refractivity contribution in [2.75, 3.05) is 53.7 Å². The Labute approximate surface area is 214 Å². The van der Waals surface area contributed by atoms with Gasteiger partial charge in [-0.3, -0.25) is 9.52 Å². The summed E-state index contributed by atoms with van der Waals surface area (Å²) in [7, 11) is 2.84. The summed E-state index contributed by atoms with van der Waals surface area (Å²) in [4.78, 5) is 23.7. The van der Waals surface area contributed by atoms with E-state index in [0.29, 0.717) is 33.0 Å². The van der Waals surface area contributed by atoms with Crippen LogP contribution in [0.4, 0.5) is 4.79 Å². The number of aliphatic hydroxyl groups is 2. The van der Waals surface area contributed by atoms with Gasteiger partial charge in [-0.1, -0.05) is 6.07 Å². The molecule has 0 bridgehead atoms. The molecule has 2 amide bonds. The van der Waals surface area contributed by atoms with Gasteiger partial charge in [0.05, 0.1) is 51.8 Å². The van der Waals surface area contributed by atoms with Crippen LogP contribution in [0.25, 0.3) is 0 Å². The Kier molecular flexibility index (Phi) is 14.5. The van der Waals surface area contributed by atoms with Crippen molar-refractivity contribution in [3.05, 3.63) is 29.3 Å². The summed E-state index contributed by atoms with van der Waals surface area (Å²) in [6, 6.07) is 5.05. The third kappa shape index (κ3) is 11.7. The third-order valence-electron chi connectivity index (χ3n) is 4.75. The second-order valence-corrected chi connectivity index (χ2v) is 8.29. The van der Waals surface area contributed by atoms with Crippen LogP contribution in [0.15, 0.2) is 18.2 Å². The van der Waals surface area contributed by atoms with E-state index in [4.69, 9.17) is 23.7 Å². The highest BCUT2D eigenvalue weighted by Gasteiger charge is 2.29. The predicted octanol–water partition coefficient (Wildman–Crippen LogP) is 0.299. The first-order valence-corrected chi connectivity index (χ1v) is 12.2. The van der Waals surface area contributed by atoms with Crippen LogP contribution in [0.2, 0.25) is 0 Å². The van der Waals surface area contributed by atoms with E-state index >= 15 is 0 Å². The molecule has 5 N–H and O–H groups in total. The van der Waals surface area contributed by atoms with Gasteiger partial charge in [0, 0.05) is 45.2 Å². The monoisotopic (exact) mass is 533 g/mol. The molecule has 1 aliphatic rings. The summed E-state index contributed by atoms with van der Waals surface area (Å²) in [5.41, 5.74) is 1.06. The number of amides is 2. The van der Waals surface area contributed by atoms with Crippen LogP contribution in [0, 0.1) is 0 Å². The summed E-state index contributed by atoms with van der Waals surface area (Å²) >= 11 is 1.00. The lowest BCUT2D eigenvalue weighted by Crippen LogP contribution is -2.39. The Morgan fingerprint density at radius 3 is 2.53 bits per heavy atom. The average molecular weight is 534 g/mol. The van der Waals surface area contributed by atoms with Crippen LogP contribution in [-0.2, 0) is 30.3 Å². The maximum atomic E-state index is 12.8. The number of carbonyl (C=O) groups is 2. The molecule has 13 nitrogen and oxygen atoms in total. The number of nitrogens with one attached hydrogen (secondary N) is 3. The molecular weight excluding hydrogens is 498 g/mol. The maximum absolute atomic E-state index is 12.8. The molecule has 1 heterocycles. The fourth-order valence-electron chi connectivity index (χ4n) is 3.11. The second kappa shape index (κ2) is 17.3. The molecule has 0 radical (unpaired) electrons. The molecule has 1 aliphatic heterocycles. The fourth-order valence-corrected chi connectivity index (χ4v) is 3.53. The lowest BCUT2D eigenvalue weighted by Gasteiger charge is -2.30. The summed E-state index contributed by atoms with van der Waals surface area (Å²) in [5, 5.41) is 22.3. The smallest absolute Gasteiger partial charge is 0.417 e. The van der Waals surface area contributed by atoms with Crippen LogP contribution in [-0.4, -0.2) is 94.6 Å². The van der Waals surface area contributed by atoms with E-state index in [0.717, 1.165) is 17.7 Å². The molecule has 3 atom stereocenters. The fraction of sp³-hybridized carbons (Fsp3) is 0.636. The van der Waals surface area contributed by atoms with E-state index in [1.54, 1.807) is 25.3 Å². The number of benzene rings is 1. The standard InChI is InChI=1S/C22H35N3O10S/c1-30-14-15-3-4-18(34-20-13-16(26)12-19(27)35-20)17(11-15)21(28)23-5-7-32-9-10-33-8-6-24-36-25-22(29)31-2/h3-4,11,16,19-20,24,26-27H,5-10,12-14H2,1-2H3,(H,23,28)(H,25,29). The molecule has 2 rings (SSSR count). The molecule has 1 fully saturated rings. The van der Waals surface area contributed by atoms with Crippen LogP contribution in [0.5, 0.6) is 5.75 Å². The topological polar surface area (TPSA) is 166 Å². The zero-order chi connectivity index (χ0) is 26.2. The molecule has 36 heavy (non-hydrogen) atoms. The van der Waals surface area contributed by atoms with Crippen LogP contribution < -0.4 is 19.5 Å². The minimum absolute atomic E-state index is 0.107. The van der Waals surface area contributed by atoms with Gasteiger partial charge in [0.1, 0.15) is 5.75 Å². The van der Waals surface area contributed by atoms with Gasteiger partial charge in [-0.25, -0.2) is 9.52 Å². The summed E-state index contributed by atoms with van der Waals surface area (Å²) in [6.07, 6.45) is -3.04. The van der Waals surface area contributed by atoms with Gasteiger partial charge in [-0.2, -0.15) is 0 Å². The molecule has 0 aliphatic carbocycles. The molecule has 1 saturated heterocycles. The van der Waals surface area contributed by atoms with Crippen molar-refractivity contribution in [1.29, 1.82) is 0 Å². The van der Waals surface area contributed by atoms with Crippen molar-refractivity contribution in [2.45, 2.75) is 38.1 Å². The van der Waals surface area contributed by atoms with E-state index in [9.17, 15) is 19.8 Å². The van der Waals surface area contributed by atoms with Crippen molar-refractivity contribution in [1.82, 2.24) is 14.8 Å². The number of aliphatic hydroxyl groups excluding tert-OH is 2. The van der Waals surface area contributed by atoms with Gasteiger partial charge in [0.25, 0.3) is 5.91 Å². The Bertz CT molecular complexity index is 793. The van der Waals surface area contributed by atoms with E-state index in [1.165, 1.54) is 7.11 Å². The van der Waals surface area contributed by atoms with Gasteiger partial charge >= 0.3 is 6.09 Å². The zero-order valence-corrected chi connectivity index (χ0v) is 21.2. The van der Waals surface area contributed by atoms with Gasteiger partial charge in [-0.15, -0.1) is 0 Å². The number of carbonyl (C=O) groups excluding carboxylic acids is 2. The summed E-state index contributed by atoms with van der Waals surface area (Å²) < 4.78 is 36.8. The predicted molar refractivity (Wildman–Crippen MR) is 129 cm³/mol. The molecule has 0 spiro atoms. The van der Waals surface area contributed by atoms with Crippen LogP contribution >= 0.6 is 12.1 Å². The van der Waals surface area contributed by atoms with Crippen molar-refractivity contribution in [3.63, 3.8) is 0 Å². The highest BCUT2D eigenvalue weighted by Crippen LogP contribution is 2.26. The molecule has 14 heteroatoms. The number of hydrogen-bond donors (Lipinski definition) is 5.